The van der Waals surface area contributed by atoms with E-state index in [9.17, 15) is 0 Å². The van der Waals surface area contributed by atoms with E-state index < -0.39 is 0 Å². The van der Waals surface area contributed by atoms with Crippen molar-refractivity contribution in [3.05, 3.63) is 24.3 Å². The minimum Gasteiger partial charge on any atom is -0.494 e. The van der Waals surface area contributed by atoms with E-state index in [2.05, 4.69) is 34.5 Å². The van der Waals surface area contributed by atoms with E-state index >= 15 is 0 Å². The van der Waals surface area contributed by atoms with Crippen molar-refractivity contribution in [3.8, 4) is 5.75 Å². The molecule has 2 rings (SSSR count). The summed E-state index contributed by atoms with van der Waals surface area (Å²) in [5.41, 5.74) is 1.29. The van der Waals surface area contributed by atoms with Gasteiger partial charge in [0, 0.05) is 45.5 Å². The predicted molar refractivity (Wildman–Crippen MR) is 78.1 cm³/mol. The SMILES string of the molecule is COCCCOc1ccc(N2CCCNCC2)cc1. The first kappa shape index (κ1) is 14.2. The molecule has 0 aliphatic carbocycles. The van der Waals surface area contributed by atoms with Crippen LogP contribution in [0.15, 0.2) is 24.3 Å². The van der Waals surface area contributed by atoms with Crippen LogP contribution in [0.4, 0.5) is 5.69 Å². The molecule has 0 amide bonds. The Morgan fingerprint density at radius 2 is 1.95 bits per heavy atom. The number of methoxy groups -OCH3 is 1. The standard InChI is InChI=1S/C15H24N2O2/c1-18-12-3-13-19-15-6-4-14(5-7-15)17-10-2-8-16-9-11-17/h4-7,16H,2-3,8-13H2,1H3. The fourth-order valence-electron chi connectivity index (χ4n) is 2.25. The molecule has 0 spiro atoms. The Labute approximate surface area is 115 Å². The van der Waals surface area contributed by atoms with Crippen LogP contribution in [0.25, 0.3) is 0 Å². The molecule has 1 fully saturated rings. The topological polar surface area (TPSA) is 33.7 Å². The number of hydrogen-bond donors (Lipinski definition) is 1. The molecule has 4 nitrogen and oxygen atoms in total. The number of nitrogens with one attached hydrogen (secondary N) is 1. The van der Waals surface area contributed by atoms with Gasteiger partial charge in [-0.05, 0) is 37.2 Å². The molecule has 1 aliphatic rings. The highest BCUT2D eigenvalue weighted by Crippen LogP contribution is 2.20. The number of rotatable bonds is 6. The highest BCUT2D eigenvalue weighted by molar-refractivity contribution is 5.49. The van der Waals surface area contributed by atoms with Gasteiger partial charge in [0.05, 0.1) is 6.61 Å². The first-order valence-electron chi connectivity index (χ1n) is 7.07. The Morgan fingerprint density at radius 3 is 2.74 bits per heavy atom. The van der Waals surface area contributed by atoms with E-state index in [1.807, 2.05) is 0 Å². The normalized spacial score (nSPS) is 16.2. The third-order valence-corrected chi connectivity index (χ3v) is 3.30. The maximum atomic E-state index is 5.66. The lowest BCUT2D eigenvalue weighted by molar-refractivity contribution is 0.172. The zero-order valence-electron chi connectivity index (χ0n) is 11.7. The maximum Gasteiger partial charge on any atom is 0.119 e. The van der Waals surface area contributed by atoms with Gasteiger partial charge in [-0.1, -0.05) is 0 Å². The number of nitrogens with zero attached hydrogens (tertiary/aromatic N) is 1. The quantitative estimate of drug-likeness (QED) is 0.796. The molecule has 1 saturated heterocycles. The number of hydrogen-bond acceptors (Lipinski definition) is 4. The molecule has 0 atom stereocenters. The second-order valence-corrected chi connectivity index (χ2v) is 4.78. The van der Waals surface area contributed by atoms with Crippen LogP contribution in [-0.4, -0.2) is 46.5 Å². The molecule has 106 valence electrons. The number of ether oxygens (including phenoxy) is 2. The van der Waals surface area contributed by atoms with Gasteiger partial charge in [0.2, 0.25) is 0 Å². The molecular weight excluding hydrogens is 240 g/mol. The van der Waals surface area contributed by atoms with Crippen molar-refractivity contribution in [1.82, 2.24) is 5.32 Å². The van der Waals surface area contributed by atoms with Crippen molar-refractivity contribution >= 4 is 5.69 Å². The van der Waals surface area contributed by atoms with Crippen LogP contribution in [0.2, 0.25) is 0 Å². The number of benzene rings is 1. The molecular formula is C15H24N2O2. The Morgan fingerprint density at radius 1 is 1.11 bits per heavy atom. The van der Waals surface area contributed by atoms with Gasteiger partial charge in [-0.15, -0.1) is 0 Å². The van der Waals surface area contributed by atoms with Gasteiger partial charge < -0.3 is 19.7 Å². The van der Waals surface area contributed by atoms with Gasteiger partial charge in [0.25, 0.3) is 0 Å². The van der Waals surface area contributed by atoms with Gasteiger partial charge in [0.15, 0.2) is 0 Å². The van der Waals surface area contributed by atoms with Crippen LogP contribution in [-0.2, 0) is 4.74 Å². The minimum absolute atomic E-state index is 0.709. The molecule has 19 heavy (non-hydrogen) atoms. The summed E-state index contributed by atoms with van der Waals surface area (Å²) >= 11 is 0. The highest BCUT2D eigenvalue weighted by Gasteiger charge is 2.09. The van der Waals surface area contributed by atoms with E-state index in [1.54, 1.807) is 7.11 Å². The Balaban J connectivity index is 1.83. The molecule has 1 heterocycles. The highest BCUT2D eigenvalue weighted by atomic mass is 16.5. The van der Waals surface area contributed by atoms with Gasteiger partial charge >= 0.3 is 0 Å². The zero-order chi connectivity index (χ0) is 13.3. The van der Waals surface area contributed by atoms with E-state index in [0.29, 0.717) is 6.61 Å². The fourth-order valence-corrected chi connectivity index (χ4v) is 2.25. The van der Waals surface area contributed by atoms with E-state index in [-0.39, 0.29) is 0 Å². The summed E-state index contributed by atoms with van der Waals surface area (Å²) in [7, 11) is 1.71. The van der Waals surface area contributed by atoms with Crippen molar-refractivity contribution in [1.29, 1.82) is 0 Å². The average Bonchev–Trinajstić information content (AvgIpc) is 2.73. The molecule has 1 aromatic rings. The summed E-state index contributed by atoms with van der Waals surface area (Å²) in [6, 6.07) is 8.41. The monoisotopic (exact) mass is 264 g/mol. The summed E-state index contributed by atoms with van der Waals surface area (Å²) in [6.07, 6.45) is 2.13. The van der Waals surface area contributed by atoms with Gasteiger partial charge in [0.1, 0.15) is 5.75 Å². The smallest absolute Gasteiger partial charge is 0.119 e. The molecule has 1 aliphatic heterocycles. The minimum atomic E-state index is 0.709. The van der Waals surface area contributed by atoms with Gasteiger partial charge in [-0.2, -0.15) is 0 Å². The molecule has 0 aromatic heterocycles. The lowest BCUT2D eigenvalue weighted by Gasteiger charge is -2.22. The van der Waals surface area contributed by atoms with Crippen molar-refractivity contribution in [2.45, 2.75) is 12.8 Å². The first-order chi connectivity index (χ1) is 9.40. The van der Waals surface area contributed by atoms with Crippen LogP contribution in [0.3, 0.4) is 0 Å². The summed E-state index contributed by atoms with van der Waals surface area (Å²) in [6.45, 7) is 5.85. The molecule has 0 saturated carbocycles. The third-order valence-electron chi connectivity index (χ3n) is 3.30. The molecule has 0 radical (unpaired) electrons. The van der Waals surface area contributed by atoms with E-state index in [4.69, 9.17) is 9.47 Å². The van der Waals surface area contributed by atoms with Crippen LogP contribution in [0, 0.1) is 0 Å². The van der Waals surface area contributed by atoms with E-state index in [0.717, 1.165) is 45.0 Å². The van der Waals surface area contributed by atoms with E-state index in [1.165, 1.54) is 12.1 Å². The van der Waals surface area contributed by atoms with Crippen molar-refractivity contribution in [3.63, 3.8) is 0 Å². The summed E-state index contributed by atoms with van der Waals surface area (Å²) in [5, 5.41) is 3.42. The van der Waals surface area contributed by atoms with Crippen molar-refractivity contribution in [2.24, 2.45) is 0 Å². The molecule has 1 N–H and O–H groups in total. The maximum absolute atomic E-state index is 5.66. The van der Waals surface area contributed by atoms with Crippen LogP contribution in [0.1, 0.15) is 12.8 Å². The lowest BCUT2D eigenvalue weighted by atomic mass is 10.2. The molecule has 4 heteroatoms. The summed E-state index contributed by atoms with van der Waals surface area (Å²) in [5.74, 6) is 0.938. The first-order valence-corrected chi connectivity index (χ1v) is 7.07. The third kappa shape index (κ3) is 4.73. The Hall–Kier alpha value is -1.26. The molecule has 0 unspecified atom stereocenters. The average molecular weight is 264 g/mol. The largest absolute Gasteiger partial charge is 0.494 e. The van der Waals surface area contributed by atoms with Crippen molar-refractivity contribution < 1.29 is 9.47 Å². The molecule has 0 bridgehead atoms. The van der Waals surface area contributed by atoms with Crippen LogP contribution in [0.5, 0.6) is 5.75 Å². The Bertz CT molecular complexity index is 346. The second-order valence-electron chi connectivity index (χ2n) is 4.78. The summed E-state index contributed by atoms with van der Waals surface area (Å²) in [4.78, 5) is 2.43. The Kier molecular flexibility index (Phi) is 5.98. The lowest BCUT2D eigenvalue weighted by Crippen LogP contribution is -2.27. The predicted octanol–water partition coefficient (Wildman–Crippen LogP) is 1.90. The zero-order valence-corrected chi connectivity index (χ0v) is 11.7. The second kappa shape index (κ2) is 8.02. The molecule has 1 aromatic carbocycles. The number of anilines is 1. The summed E-state index contributed by atoms with van der Waals surface area (Å²) < 4.78 is 10.7. The van der Waals surface area contributed by atoms with Crippen LogP contribution < -0.4 is 15.0 Å². The van der Waals surface area contributed by atoms with Gasteiger partial charge in [-0.3, -0.25) is 0 Å². The van der Waals surface area contributed by atoms with Crippen LogP contribution >= 0.6 is 0 Å². The van der Waals surface area contributed by atoms with Crippen molar-refractivity contribution in [2.75, 3.05) is 51.4 Å². The van der Waals surface area contributed by atoms with Gasteiger partial charge in [-0.25, -0.2) is 0 Å². The fraction of sp³-hybridized carbons (Fsp3) is 0.600.